The van der Waals surface area contributed by atoms with E-state index in [2.05, 4.69) is 14.9 Å². The van der Waals surface area contributed by atoms with Gasteiger partial charge in [0, 0.05) is 11.1 Å². The summed E-state index contributed by atoms with van der Waals surface area (Å²) in [5.41, 5.74) is 2.24. The van der Waals surface area contributed by atoms with Crippen molar-refractivity contribution >= 4 is 11.9 Å². The van der Waals surface area contributed by atoms with Crippen LogP contribution in [0.5, 0.6) is 5.75 Å². The van der Waals surface area contributed by atoms with Gasteiger partial charge < -0.3 is 13.9 Å². The summed E-state index contributed by atoms with van der Waals surface area (Å²) >= 11 is 0. The maximum atomic E-state index is 12.4. The lowest BCUT2D eigenvalue weighted by Crippen LogP contribution is -2.08. The van der Waals surface area contributed by atoms with E-state index in [1.807, 2.05) is 30.3 Å². The van der Waals surface area contributed by atoms with E-state index in [0.29, 0.717) is 34.2 Å². The van der Waals surface area contributed by atoms with E-state index in [9.17, 15) is 9.59 Å². The van der Waals surface area contributed by atoms with Gasteiger partial charge in [0.2, 0.25) is 11.8 Å². The van der Waals surface area contributed by atoms with Crippen molar-refractivity contribution in [2.24, 2.45) is 0 Å². The van der Waals surface area contributed by atoms with Crippen molar-refractivity contribution in [3.63, 3.8) is 0 Å². The average molecular weight is 400 g/mol. The topological polar surface area (TPSA) is 91.5 Å². The number of esters is 2. The fraction of sp³-hybridized carbons (Fsp3) is 0.0435. The molecule has 30 heavy (non-hydrogen) atoms. The molecule has 7 heteroatoms. The van der Waals surface area contributed by atoms with Crippen molar-refractivity contribution in [3.05, 3.63) is 90.0 Å². The van der Waals surface area contributed by atoms with Gasteiger partial charge in [-0.25, -0.2) is 9.59 Å². The number of methoxy groups -OCH3 is 1. The van der Waals surface area contributed by atoms with Crippen LogP contribution in [-0.4, -0.2) is 29.2 Å². The summed E-state index contributed by atoms with van der Waals surface area (Å²) in [5, 5.41) is 8.12. The van der Waals surface area contributed by atoms with Crippen LogP contribution in [0.15, 0.2) is 83.3 Å². The monoisotopic (exact) mass is 400 g/mol. The van der Waals surface area contributed by atoms with Crippen LogP contribution >= 0.6 is 0 Å². The lowest BCUT2D eigenvalue weighted by Gasteiger charge is -2.05. The molecule has 7 nitrogen and oxygen atoms in total. The molecule has 0 unspecified atom stereocenters. The molecule has 0 aliphatic carbocycles. The Morgan fingerprint density at radius 1 is 0.700 bits per heavy atom. The lowest BCUT2D eigenvalue weighted by molar-refractivity contribution is 0.0600. The number of hydrogen-bond donors (Lipinski definition) is 0. The quantitative estimate of drug-likeness (QED) is 0.362. The fourth-order valence-electron chi connectivity index (χ4n) is 2.73. The SMILES string of the molecule is COC(=O)c1ccc(OC(=O)c2ccc(-c3nnc(-c4ccccc4)o3)cc2)cc1. The van der Waals surface area contributed by atoms with E-state index in [-0.39, 0.29) is 0 Å². The fourth-order valence-corrected chi connectivity index (χ4v) is 2.73. The molecule has 0 radical (unpaired) electrons. The summed E-state index contributed by atoms with van der Waals surface area (Å²) in [7, 11) is 1.30. The number of ether oxygens (including phenoxy) is 2. The Morgan fingerprint density at radius 3 is 1.83 bits per heavy atom. The standard InChI is InChI=1S/C23H16N2O5/c1-28-22(26)17-11-13-19(14-12-17)29-23(27)18-9-7-16(8-10-18)21-25-24-20(30-21)15-5-3-2-4-6-15/h2-14H,1H3. The zero-order valence-corrected chi connectivity index (χ0v) is 15.9. The minimum atomic E-state index is -0.525. The number of benzene rings is 3. The van der Waals surface area contributed by atoms with Crippen LogP contribution in [0.4, 0.5) is 0 Å². The largest absolute Gasteiger partial charge is 0.465 e. The molecule has 0 atom stereocenters. The van der Waals surface area contributed by atoms with E-state index in [4.69, 9.17) is 9.15 Å². The Kier molecular flexibility index (Phi) is 5.34. The van der Waals surface area contributed by atoms with Crippen molar-refractivity contribution in [1.29, 1.82) is 0 Å². The second-order valence-corrected chi connectivity index (χ2v) is 6.26. The normalized spacial score (nSPS) is 10.4. The molecular formula is C23H16N2O5. The Labute approximate surface area is 171 Å². The first-order valence-electron chi connectivity index (χ1n) is 9.04. The Hall–Kier alpha value is -4.26. The molecule has 0 amide bonds. The molecule has 0 bridgehead atoms. The first kappa shape index (κ1) is 19.1. The second-order valence-electron chi connectivity index (χ2n) is 6.26. The van der Waals surface area contributed by atoms with Gasteiger partial charge in [-0.2, -0.15) is 0 Å². The number of nitrogens with zero attached hydrogens (tertiary/aromatic N) is 2. The van der Waals surface area contributed by atoms with Crippen molar-refractivity contribution in [3.8, 4) is 28.7 Å². The molecule has 4 aromatic rings. The predicted molar refractivity (Wildman–Crippen MR) is 108 cm³/mol. The van der Waals surface area contributed by atoms with Crippen LogP contribution in [0.25, 0.3) is 22.9 Å². The maximum absolute atomic E-state index is 12.4. The van der Waals surface area contributed by atoms with Crippen LogP contribution in [0.1, 0.15) is 20.7 Å². The zero-order chi connectivity index (χ0) is 20.9. The summed E-state index contributed by atoms with van der Waals surface area (Å²) in [6.07, 6.45) is 0. The smallest absolute Gasteiger partial charge is 0.343 e. The summed E-state index contributed by atoms with van der Waals surface area (Å²) in [6.45, 7) is 0. The Balaban J connectivity index is 1.45. The molecule has 0 spiro atoms. The van der Waals surface area contributed by atoms with Gasteiger partial charge >= 0.3 is 11.9 Å². The summed E-state index contributed by atoms with van der Waals surface area (Å²) in [6, 6.07) is 22.2. The minimum absolute atomic E-state index is 0.320. The molecule has 0 saturated carbocycles. The van der Waals surface area contributed by atoms with Crippen molar-refractivity contribution in [1.82, 2.24) is 10.2 Å². The Bertz CT molecular complexity index is 1170. The van der Waals surface area contributed by atoms with Gasteiger partial charge in [0.15, 0.2) is 0 Å². The van der Waals surface area contributed by atoms with Gasteiger partial charge in [-0.3, -0.25) is 0 Å². The number of carbonyl (C=O) groups is 2. The van der Waals surface area contributed by atoms with Crippen LogP contribution in [-0.2, 0) is 4.74 Å². The summed E-state index contributed by atoms with van der Waals surface area (Å²) in [5.74, 6) is 0.112. The molecule has 4 rings (SSSR count). The van der Waals surface area contributed by atoms with Gasteiger partial charge in [0.1, 0.15) is 5.75 Å². The van der Waals surface area contributed by atoms with Crippen molar-refractivity contribution < 1.29 is 23.5 Å². The summed E-state index contributed by atoms with van der Waals surface area (Å²) in [4.78, 5) is 23.8. The molecular weight excluding hydrogens is 384 g/mol. The highest BCUT2D eigenvalue weighted by Gasteiger charge is 2.13. The third kappa shape index (κ3) is 4.10. The third-order valence-corrected chi connectivity index (χ3v) is 4.30. The van der Waals surface area contributed by atoms with Crippen LogP contribution in [0.2, 0.25) is 0 Å². The number of aromatic nitrogens is 2. The molecule has 0 fully saturated rings. The molecule has 148 valence electrons. The minimum Gasteiger partial charge on any atom is -0.465 e. The van der Waals surface area contributed by atoms with Gasteiger partial charge in [-0.15, -0.1) is 10.2 Å². The predicted octanol–water partition coefficient (Wildman–Crippen LogP) is 4.41. The number of hydrogen-bond acceptors (Lipinski definition) is 7. The molecule has 0 aliphatic heterocycles. The van der Waals surface area contributed by atoms with Gasteiger partial charge in [0.25, 0.3) is 0 Å². The van der Waals surface area contributed by atoms with Crippen LogP contribution in [0, 0.1) is 0 Å². The second kappa shape index (κ2) is 8.40. The van der Waals surface area contributed by atoms with Crippen molar-refractivity contribution in [2.75, 3.05) is 7.11 Å². The van der Waals surface area contributed by atoms with E-state index in [1.165, 1.54) is 31.4 Å². The number of carbonyl (C=O) groups excluding carboxylic acids is 2. The highest BCUT2D eigenvalue weighted by atomic mass is 16.5. The molecule has 3 aromatic carbocycles. The van der Waals surface area contributed by atoms with Crippen LogP contribution in [0.3, 0.4) is 0 Å². The van der Waals surface area contributed by atoms with Crippen molar-refractivity contribution in [2.45, 2.75) is 0 Å². The van der Waals surface area contributed by atoms with Crippen LogP contribution < -0.4 is 4.74 Å². The average Bonchev–Trinajstić information content (AvgIpc) is 3.30. The van der Waals surface area contributed by atoms with E-state index in [0.717, 1.165) is 5.56 Å². The molecule has 1 heterocycles. The van der Waals surface area contributed by atoms with Gasteiger partial charge in [-0.05, 0) is 60.7 Å². The Morgan fingerprint density at radius 2 is 1.23 bits per heavy atom. The van der Waals surface area contributed by atoms with E-state index >= 15 is 0 Å². The van der Waals surface area contributed by atoms with E-state index in [1.54, 1.807) is 24.3 Å². The molecule has 1 aromatic heterocycles. The molecule has 0 N–H and O–H groups in total. The first-order valence-corrected chi connectivity index (χ1v) is 9.04. The maximum Gasteiger partial charge on any atom is 0.343 e. The highest BCUT2D eigenvalue weighted by Crippen LogP contribution is 2.24. The lowest BCUT2D eigenvalue weighted by atomic mass is 10.1. The highest BCUT2D eigenvalue weighted by molar-refractivity contribution is 5.92. The third-order valence-electron chi connectivity index (χ3n) is 4.30. The van der Waals surface area contributed by atoms with E-state index < -0.39 is 11.9 Å². The van der Waals surface area contributed by atoms with Gasteiger partial charge in [-0.1, -0.05) is 18.2 Å². The number of rotatable bonds is 5. The first-order chi connectivity index (χ1) is 14.6. The molecule has 0 aliphatic rings. The van der Waals surface area contributed by atoms with Gasteiger partial charge in [0.05, 0.1) is 18.2 Å². The summed E-state index contributed by atoms with van der Waals surface area (Å²) < 4.78 is 15.7. The molecule has 0 saturated heterocycles. The zero-order valence-electron chi connectivity index (χ0n) is 15.9.